The molecule has 1 aliphatic rings. The first-order chi connectivity index (χ1) is 9.39. The van der Waals surface area contributed by atoms with Gasteiger partial charge in [-0.2, -0.15) is 0 Å². The lowest BCUT2D eigenvalue weighted by atomic mass is 10.2. The quantitative estimate of drug-likeness (QED) is 0.848. The van der Waals surface area contributed by atoms with Gasteiger partial charge in [0.1, 0.15) is 11.5 Å². The first kappa shape index (κ1) is 13.6. The van der Waals surface area contributed by atoms with Gasteiger partial charge < -0.3 is 0 Å². The Bertz CT molecular complexity index is 656. The van der Waals surface area contributed by atoms with Crippen molar-refractivity contribution >= 4 is 15.9 Å². The summed E-state index contributed by atoms with van der Waals surface area (Å²) in [5.41, 5.74) is 1.000. The molecule has 1 fully saturated rings. The highest BCUT2D eigenvalue weighted by Gasteiger charge is 2.65. The average Bonchev–Trinajstić information content (AvgIpc) is 2.80. The van der Waals surface area contributed by atoms with Crippen molar-refractivity contribution in [3.63, 3.8) is 0 Å². The highest BCUT2D eigenvalue weighted by molar-refractivity contribution is 9.10. The van der Waals surface area contributed by atoms with Crippen LogP contribution < -0.4 is 0 Å². The van der Waals surface area contributed by atoms with Crippen LogP contribution in [-0.4, -0.2) is 20.9 Å². The van der Waals surface area contributed by atoms with Gasteiger partial charge in [-0.3, -0.25) is 4.68 Å². The fourth-order valence-corrected chi connectivity index (χ4v) is 2.70. The second-order valence-electron chi connectivity index (χ2n) is 5.02. The number of hydrogen-bond donors (Lipinski definition) is 0. The van der Waals surface area contributed by atoms with Gasteiger partial charge in [0, 0.05) is 16.0 Å². The Kier molecular flexibility index (Phi) is 3.12. The van der Waals surface area contributed by atoms with Gasteiger partial charge in [-0.15, -0.1) is 5.10 Å². The molecule has 1 aliphatic carbocycles. The van der Waals surface area contributed by atoms with Crippen LogP contribution in [0.2, 0.25) is 0 Å². The van der Waals surface area contributed by atoms with Crippen LogP contribution in [-0.2, 0) is 6.54 Å². The summed E-state index contributed by atoms with van der Waals surface area (Å²) in [5.74, 6) is -4.34. The molecule has 0 radical (unpaired) electrons. The van der Waals surface area contributed by atoms with Crippen LogP contribution in [0.1, 0.15) is 6.92 Å². The summed E-state index contributed by atoms with van der Waals surface area (Å²) >= 11 is 3.30. The van der Waals surface area contributed by atoms with E-state index < -0.39 is 17.8 Å². The third kappa shape index (κ3) is 2.24. The fraction of sp³-hybridized carbons (Fsp3) is 0.385. The van der Waals surface area contributed by atoms with Gasteiger partial charge in [-0.25, -0.2) is 13.2 Å². The number of alkyl halides is 2. The van der Waals surface area contributed by atoms with Crippen LogP contribution in [0.15, 0.2) is 28.9 Å². The van der Waals surface area contributed by atoms with Crippen molar-refractivity contribution in [1.29, 1.82) is 0 Å². The molecule has 0 spiro atoms. The summed E-state index contributed by atoms with van der Waals surface area (Å²) in [6.45, 7) is 1.64. The van der Waals surface area contributed by atoms with Gasteiger partial charge >= 0.3 is 0 Å². The lowest BCUT2D eigenvalue weighted by Gasteiger charge is -2.00. The minimum Gasteiger partial charge on any atom is -0.251 e. The number of hydrogen-bond acceptors (Lipinski definition) is 2. The second-order valence-corrected chi connectivity index (χ2v) is 5.87. The van der Waals surface area contributed by atoms with E-state index in [4.69, 9.17) is 0 Å². The highest BCUT2D eigenvalue weighted by Crippen LogP contribution is 2.55. The van der Waals surface area contributed by atoms with Crippen LogP contribution in [0.25, 0.3) is 11.3 Å². The molecular weight excluding hydrogens is 335 g/mol. The fourth-order valence-electron chi connectivity index (χ4n) is 2.25. The number of rotatable bonds is 3. The smallest absolute Gasteiger partial charge is 0.251 e. The van der Waals surface area contributed by atoms with E-state index >= 15 is 0 Å². The Labute approximate surface area is 121 Å². The first-order valence-corrected chi connectivity index (χ1v) is 6.92. The third-order valence-electron chi connectivity index (χ3n) is 3.72. The Morgan fingerprint density at radius 2 is 2.10 bits per heavy atom. The zero-order valence-corrected chi connectivity index (χ0v) is 12.1. The molecule has 3 rings (SSSR count). The van der Waals surface area contributed by atoms with Crippen molar-refractivity contribution in [1.82, 2.24) is 15.0 Å². The molecule has 0 unspecified atom stereocenters. The third-order valence-corrected chi connectivity index (χ3v) is 4.41. The molecule has 1 aromatic carbocycles. The molecular formula is C13H11BrF3N3. The largest absolute Gasteiger partial charge is 0.256 e. The maximum atomic E-state index is 13.2. The van der Waals surface area contributed by atoms with Crippen molar-refractivity contribution in [3.05, 3.63) is 34.7 Å². The molecule has 3 nitrogen and oxygen atoms in total. The molecule has 2 aromatic rings. The molecule has 0 aliphatic heterocycles. The van der Waals surface area contributed by atoms with E-state index in [0.29, 0.717) is 15.7 Å². The molecule has 20 heavy (non-hydrogen) atoms. The zero-order chi connectivity index (χ0) is 14.5. The van der Waals surface area contributed by atoms with E-state index in [9.17, 15) is 13.2 Å². The summed E-state index contributed by atoms with van der Waals surface area (Å²) in [7, 11) is 0. The zero-order valence-electron chi connectivity index (χ0n) is 10.5. The summed E-state index contributed by atoms with van der Waals surface area (Å²) in [5, 5.41) is 7.75. The minimum atomic E-state index is -2.62. The summed E-state index contributed by atoms with van der Waals surface area (Å²) < 4.78 is 41.7. The summed E-state index contributed by atoms with van der Waals surface area (Å²) in [6, 6.07) is 4.22. The molecule has 1 aromatic heterocycles. The monoisotopic (exact) mass is 345 g/mol. The maximum Gasteiger partial charge on any atom is 0.256 e. The van der Waals surface area contributed by atoms with Crippen molar-refractivity contribution in [2.45, 2.75) is 19.4 Å². The molecule has 0 saturated heterocycles. The molecule has 1 heterocycles. The van der Waals surface area contributed by atoms with Gasteiger partial charge in [-0.05, 0) is 18.2 Å². The summed E-state index contributed by atoms with van der Waals surface area (Å²) in [4.78, 5) is 0. The Morgan fingerprint density at radius 3 is 2.75 bits per heavy atom. The van der Waals surface area contributed by atoms with Crippen molar-refractivity contribution < 1.29 is 13.2 Å². The van der Waals surface area contributed by atoms with E-state index in [1.807, 2.05) is 0 Å². The topological polar surface area (TPSA) is 30.7 Å². The van der Waals surface area contributed by atoms with E-state index in [0.717, 1.165) is 0 Å². The van der Waals surface area contributed by atoms with E-state index in [2.05, 4.69) is 26.2 Å². The van der Waals surface area contributed by atoms with Crippen molar-refractivity contribution in [2.24, 2.45) is 11.8 Å². The number of nitrogens with zero attached hydrogens (tertiary/aromatic N) is 3. The van der Waals surface area contributed by atoms with Crippen LogP contribution in [0, 0.1) is 17.7 Å². The molecule has 1 saturated carbocycles. The molecule has 2 atom stereocenters. The molecule has 0 bridgehead atoms. The first-order valence-electron chi connectivity index (χ1n) is 6.13. The second kappa shape index (κ2) is 4.58. The van der Waals surface area contributed by atoms with Crippen LogP contribution in [0.3, 0.4) is 0 Å². The predicted molar refractivity (Wildman–Crippen MR) is 70.7 cm³/mol. The SMILES string of the molecule is C[C@@H]1[C@@H](Cn2cc(-c3cc(F)ccc3Br)nn2)C1(F)F. The lowest BCUT2D eigenvalue weighted by Crippen LogP contribution is -2.05. The number of benzene rings is 1. The predicted octanol–water partition coefficient (Wildman–Crippen LogP) is 3.75. The average molecular weight is 346 g/mol. The summed E-state index contributed by atoms with van der Waals surface area (Å²) in [6.07, 6.45) is 1.56. The van der Waals surface area contributed by atoms with Crippen LogP contribution in [0.4, 0.5) is 13.2 Å². The van der Waals surface area contributed by atoms with Crippen LogP contribution >= 0.6 is 15.9 Å². The van der Waals surface area contributed by atoms with E-state index in [1.54, 1.807) is 12.3 Å². The molecule has 0 amide bonds. The van der Waals surface area contributed by atoms with Gasteiger partial charge in [0.25, 0.3) is 5.92 Å². The Balaban J connectivity index is 1.82. The van der Waals surface area contributed by atoms with Gasteiger partial charge in [0.15, 0.2) is 0 Å². The highest BCUT2D eigenvalue weighted by atomic mass is 79.9. The normalized spacial score (nSPS) is 23.9. The van der Waals surface area contributed by atoms with Gasteiger partial charge in [-0.1, -0.05) is 28.1 Å². The number of halogens is 4. The maximum absolute atomic E-state index is 13.2. The molecule has 106 valence electrons. The van der Waals surface area contributed by atoms with Crippen molar-refractivity contribution in [3.8, 4) is 11.3 Å². The van der Waals surface area contributed by atoms with Gasteiger partial charge in [0.05, 0.1) is 18.7 Å². The van der Waals surface area contributed by atoms with Crippen LogP contribution in [0.5, 0.6) is 0 Å². The Hall–Kier alpha value is -1.37. The van der Waals surface area contributed by atoms with E-state index in [1.165, 1.54) is 23.7 Å². The minimum absolute atomic E-state index is 0.119. The molecule has 7 heteroatoms. The lowest BCUT2D eigenvalue weighted by molar-refractivity contribution is 0.0828. The Morgan fingerprint density at radius 1 is 1.40 bits per heavy atom. The standard InChI is InChI=1S/C13H11BrF3N3/c1-7-10(13(7,16)17)5-20-6-12(18-19-20)9-4-8(15)2-3-11(9)14/h2-4,6-7,10H,5H2,1H3/t7-,10-/m1/s1. The van der Waals surface area contributed by atoms with Gasteiger partial charge in [0.2, 0.25) is 0 Å². The van der Waals surface area contributed by atoms with Crippen molar-refractivity contribution in [2.75, 3.05) is 0 Å². The number of aromatic nitrogens is 3. The molecule has 0 N–H and O–H groups in total. The van der Waals surface area contributed by atoms with E-state index in [-0.39, 0.29) is 12.4 Å².